The third-order valence-corrected chi connectivity index (χ3v) is 15.8. The number of ether oxygens (including phenoxy) is 3. The lowest BCUT2D eigenvalue weighted by Gasteiger charge is -2.18. The molecule has 0 radical (unpaired) electrons. The van der Waals surface area contributed by atoms with E-state index in [1.807, 2.05) is 0 Å². The molecule has 0 rings (SSSR count). The normalized spacial score (nSPS) is 12.0. The molecule has 0 fully saturated rings. The van der Waals surface area contributed by atoms with Crippen molar-refractivity contribution in [2.75, 3.05) is 13.2 Å². The summed E-state index contributed by atoms with van der Waals surface area (Å²) in [6, 6.07) is 0. The zero-order valence-corrected chi connectivity index (χ0v) is 51.1. The minimum Gasteiger partial charge on any atom is -0.462 e. The van der Waals surface area contributed by atoms with Gasteiger partial charge in [-0.25, -0.2) is 0 Å². The maximum absolute atomic E-state index is 12.9. The number of hydrogen-bond acceptors (Lipinski definition) is 6. The molecule has 6 heteroatoms. The van der Waals surface area contributed by atoms with Crippen molar-refractivity contribution >= 4 is 17.9 Å². The molecule has 0 aromatic rings. The molecule has 444 valence electrons. The van der Waals surface area contributed by atoms with Gasteiger partial charge in [-0.05, 0) is 44.9 Å². The van der Waals surface area contributed by atoms with Gasteiger partial charge in [0.25, 0.3) is 0 Å². The number of allylic oxidation sites excluding steroid dienone is 2. The Balaban J connectivity index is 4.02. The first kappa shape index (κ1) is 73.2. The maximum atomic E-state index is 12.9. The van der Waals surface area contributed by atoms with Gasteiger partial charge in [-0.3, -0.25) is 14.4 Å². The van der Waals surface area contributed by atoms with Crippen molar-refractivity contribution in [1.29, 1.82) is 0 Å². The van der Waals surface area contributed by atoms with Gasteiger partial charge in [0, 0.05) is 19.3 Å². The summed E-state index contributed by atoms with van der Waals surface area (Å²) in [7, 11) is 0. The van der Waals surface area contributed by atoms with E-state index in [2.05, 4.69) is 32.9 Å². The first-order chi connectivity index (χ1) is 37.0. The topological polar surface area (TPSA) is 78.9 Å². The third kappa shape index (κ3) is 62.9. The molecule has 0 saturated carbocycles. The molecule has 0 aromatic heterocycles. The molecule has 0 aliphatic carbocycles. The highest BCUT2D eigenvalue weighted by Gasteiger charge is 2.19. The van der Waals surface area contributed by atoms with Crippen molar-refractivity contribution in [2.45, 2.75) is 399 Å². The Morgan fingerprint density at radius 2 is 0.440 bits per heavy atom. The van der Waals surface area contributed by atoms with Gasteiger partial charge in [-0.15, -0.1) is 0 Å². The Bertz CT molecular complexity index is 1170. The van der Waals surface area contributed by atoms with Crippen LogP contribution in [-0.2, 0) is 28.6 Å². The van der Waals surface area contributed by atoms with Gasteiger partial charge in [-0.1, -0.05) is 341 Å². The fraction of sp³-hybridized carbons (Fsp3) is 0.928. The second-order valence-electron chi connectivity index (χ2n) is 23.5. The summed E-state index contributed by atoms with van der Waals surface area (Å²) in [5.74, 6) is -0.843. The van der Waals surface area contributed by atoms with Crippen LogP contribution in [-0.4, -0.2) is 37.2 Å². The monoisotopic (exact) mass is 1060 g/mol. The van der Waals surface area contributed by atoms with E-state index in [9.17, 15) is 14.4 Å². The van der Waals surface area contributed by atoms with Crippen LogP contribution in [0.15, 0.2) is 12.2 Å². The van der Waals surface area contributed by atoms with Crippen LogP contribution in [0, 0.1) is 0 Å². The Morgan fingerprint density at radius 3 is 0.667 bits per heavy atom. The summed E-state index contributed by atoms with van der Waals surface area (Å²) in [5.41, 5.74) is 0. The van der Waals surface area contributed by atoms with Crippen LogP contribution < -0.4 is 0 Å². The fourth-order valence-corrected chi connectivity index (χ4v) is 10.6. The number of unbranched alkanes of at least 4 members (excludes halogenated alkanes) is 51. The number of carbonyl (C=O) groups is 3. The molecule has 0 spiro atoms. The predicted molar refractivity (Wildman–Crippen MR) is 326 cm³/mol. The molecule has 0 aromatic carbocycles. The summed E-state index contributed by atoms with van der Waals surface area (Å²) in [6.07, 6.45) is 77.0. The van der Waals surface area contributed by atoms with Gasteiger partial charge in [0.15, 0.2) is 6.10 Å². The second kappa shape index (κ2) is 64.7. The van der Waals surface area contributed by atoms with Gasteiger partial charge in [0.05, 0.1) is 0 Å². The molecular formula is C69H132O6. The van der Waals surface area contributed by atoms with Crippen molar-refractivity contribution in [3.8, 4) is 0 Å². The minimum absolute atomic E-state index is 0.0648. The Hall–Kier alpha value is -1.85. The molecule has 1 atom stereocenters. The van der Waals surface area contributed by atoms with Gasteiger partial charge < -0.3 is 14.2 Å². The Labute approximate surface area is 469 Å². The summed E-state index contributed by atoms with van der Waals surface area (Å²) >= 11 is 0. The SMILES string of the molecule is CCCCCCCC/C=C\CCCCCCCCCCCC(=O)OC(COC(=O)CCCCCCCCCC)COC(=O)CCCCCCCCCCCCCCCCCCCCCCCCCCCCCCCC. The maximum Gasteiger partial charge on any atom is 0.306 e. The van der Waals surface area contributed by atoms with Gasteiger partial charge in [0.2, 0.25) is 0 Å². The highest BCUT2D eigenvalue weighted by molar-refractivity contribution is 5.71. The predicted octanol–water partition coefficient (Wildman–Crippen LogP) is 23.2. The van der Waals surface area contributed by atoms with E-state index in [1.54, 1.807) is 0 Å². The van der Waals surface area contributed by atoms with Crippen molar-refractivity contribution in [1.82, 2.24) is 0 Å². The van der Waals surface area contributed by atoms with E-state index < -0.39 is 6.10 Å². The van der Waals surface area contributed by atoms with E-state index in [0.717, 1.165) is 57.8 Å². The molecule has 0 bridgehead atoms. The average molecular weight is 1060 g/mol. The van der Waals surface area contributed by atoms with Crippen LogP contribution in [0.5, 0.6) is 0 Å². The molecule has 0 heterocycles. The van der Waals surface area contributed by atoms with Gasteiger partial charge >= 0.3 is 17.9 Å². The molecule has 0 aliphatic rings. The smallest absolute Gasteiger partial charge is 0.306 e. The molecule has 0 saturated heterocycles. The standard InChI is InChI=1S/C69H132O6/c1-4-7-10-13-16-19-21-23-25-27-29-30-31-32-33-34-35-36-37-38-39-41-42-44-46-48-50-53-56-59-62-68(71)74-65-66(64-73-67(70)61-58-55-52-18-15-12-9-6-3)75-69(72)63-60-57-54-51-49-47-45-43-40-28-26-24-22-20-17-14-11-8-5-2/h24,26,66H,4-23,25,27-65H2,1-3H3/b26-24-. The zero-order valence-electron chi connectivity index (χ0n) is 51.1. The fourth-order valence-electron chi connectivity index (χ4n) is 10.6. The highest BCUT2D eigenvalue weighted by atomic mass is 16.6. The van der Waals surface area contributed by atoms with Crippen molar-refractivity contribution in [3.63, 3.8) is 0 Å². The number of carbonyl (C=O) groups excluding carboxylic acids is 3. The van der Waals surface area contributed by atoms with Crippen LogP contribution in [0.2, 0.25) is 0 Å². The lowest BCUT2D eigenvalue weighted by Crippen LogP contribution is -2.30. The lowest BCUT2D eigenvalue weighted by molar-refractivity contribution is -0.167. The van der Waals surface area contributed by atoms with Crippen LogP contribution >= 0.6 is 0 Å². The average Bonchev–Trinajstić information content (AvgIpc) is 3.41. The number of esters is 3. The van der Waals surface area contributed by atoms with E-state index >= 15 is 0 Å². The number of rotatable bonds is 64. The Kier molecular flexibility index (Phi) is 63.1. The van der Waals surface area contributed by atoms with Crippen molar-refractivity contribution in [3.05, 3.63) is 12.2 Å². The van der Waals surface area contributed by atoms with Crippen molar-refractivity contribution in [2.24, 2.45) is 0 Å². The largest absolute Gasteiger partial charge is 0.462 e. The first-order valence-electron chi connectivity index (χ1n) is 34.2. The van der Waals surface area contributed by atoms with Crippen LogP contribution in [0.4, 0.5) is 0 Å². The summed E-state index contributed by atoms with van der Waals surface area (Å²) in [6.45, 7) is 6.68. The van der Waals surface area contributed by atoms with Crippen LogP contribution in [0.3, 0.4) is 0 Å². The van der Waals surface area contributed by atoms with E-state index in [-0.39, 0.29) is 31.1 Å². The second-order valence-corrected chi connectivity index (χ2v) is 23.5. The number of hydrogen-bond donors (Lipinski definition) is 0. The zero-order chi connectivity index (χ0) is 54.3. The van der Waals surface area contributed by atoms with E-state index in [0.29, 0.717) is 19.3 Å². The quantitative estimate of drug-likeness (QED) is 0.0261. The minimum atomic E-state index is -0.766. The first-order valence-corrected chi connectivity index (χ1v) is 34.2. The molecular weight excluding hydrogens is 925 g/mol. The van der Waals surface area contributed by atoms with Crippen molar-refractivity contribution < 1.29 is 28.6 Å². The van der Waals surface area contributed by atoms with E-state index in [1.165, 1.54) is 295 Å². The molecule has 1 unspecified atom stereocenters. The van der Waals surface area contributed by atoms with E-state index in [4.69, 9.17) is 14.2 Å². The van der Waals surface area contributed by atoms with Gasteiger partial charge in [-0.2, -0.15) is 0 Å². The molecule has 0 aliphatic heterocycles. The molecule has 0 amide bonds. The molecule has 75 heavy (non-hydrogen) atoms. The lowest BCUT2D eigenvalue weighted by atomic mass is 10.0. The van der Waals surface area contributed by atoms with Crippen LogP contribution in [0.1, 0.15) is 393 Å². The summed E-state index contributed by atoms with van der Waals surface area (Å²) in [5, 5.41) is 0. The molecule has 6 nitrogen and oxygen atoms in total. The Morgan fingerprint density at radius 1 is 0.253 bits per heavy atom. The third-order valence-electron chi connectivity index (χ3n) is 15.8. The van der Waals surface area contributed by atoms with Gasteiger partial charge in [0.1, 0.15) is 13.2 Å². The van der Waals surface area contributed by atoms with Crippen LogP contribution in [0.25, 0.3) is 0 Å². The molecule has 0 N–H and O–H groups in total. The summed E-state index contributed by atoms with van der Waals surface area (Å²) in [4.78, 5) is 38.2. The summed E-state index contributed by atoms with van der Waals surface area (Å²) < 4.78 is 16.9. The highest BCUT2D eigenvalue weighted by Crippen LogP contribution is 2.19.